The molecule has 7 nitrogen and oxygen atoms in total. The van der Waals surface area contributed by atoms with E-state index in [1.54, 1.807) is 0 Å². The van der Waals surface area contributed by atoms with E-state index in [4.69, 9.17) is 25.5 Å². The molecule has 1 rings (SSSR count). The van der Waals surface area contributed by atoms with Gasteiger partial charge in [-0.3, -0.25) is 0 Å². The van der Waals surface area contributed by atoms with E-state index in [1.165, 1.54) is 0 Å². The number of carbonyl (C=O) groups excluding carboxylic acids is 1. The third-order valence-electron chi connectivity index (χ3n) is 1.57. The molecule has 0 saturated heterocycles. The summed E-state index contributed by atoms with van der Waals surface area (Å²) in [5.74, 6) is -0.793. The van der Waals surface area contributed by atoms with E-state index in [2.05, 4.69) is 11.2 Å². The first-order valence-corrected chi connectivity index (χ1v) is 4.15. The van der Waals surface area contributed by atoms with Crippen LogP contribution in [0.1, 0.15) is 0 Å². The number of hydrogen-bond acceptors (Lipinski definition) is 7. The van der Waals surface area contributed by atoms with Crippen molar-refractivity contribution in [1.29, 1.82) is 0 Å². The molecule has 116 valence electrons. The van der Waals surface area contributed by atoms with Gasteiger partial charge in [0.15, 0.2) is 11.9 Å². The summed E-state index contributed by atoms with van der Waals surface area (Å²) in [5, 5.41) is 42.7. The Balaban J connectivity index is -0.0000000844. The average molecular weight is 460 g/mol. The van der Waals surface area contributed by atoms with Gasteiger partial charge in [-0.2, -0.15) is 0 Å². The van der Waals surface area contributed by atoms with Crippen LogP contribution in [0.4, 0.5) is 0 Å². The van der Waals surface area contributed by atoms with Crippen LogP contribution >= 0.6 is 0 Å². The van der Waals surface area contributed by atoms with E-state index in [0.717, 1.165) is 0 Å². The Labute approximate surface area is 151 Å². The zero-order valence-electron chi connectivity index (χ0n) is 9.78. The molecule has 1 aliphatic rings. The smallest absolute Gasteiger partial charge is 1.00 e. The van der Waals surface area contributed by atoms with Crippen molar-refractivity contribution in [1.82, 2.24) is 0 Å². The summed E-state index contributed by atoms with van der Waals surface area (Å²) in [4.78, 5) is 10.5. The molecule has 0 bridgehead atoms. The zero-order chi connectivity index (χ0) is 12.7. The van der Waals surface area contributed by atoms with Gasteiger partial charge in [-0.05, 0) is 0 Å². The number of terminal acetylenes is 1. The molecule has 0 aromatic carbocycles. The van der Waals surface area contributed by atoms with E-state index < -0.39 is 36.3 Å². The summed E-state index contributed by atoms with van der Waals surface area (Å²) in [7, 11) is 0. The predicted octanol–water partition coefficient (Wildman–Crippen LogP) is -11.2. The molecule has 2 atom stereocenters. The Morgan fingerprint density at radius 3 is 1.85 bits per heavy atom. The maximum Gasteiger partial charge on any atom is 3.00 e. The monoisotopic (exact) mass is 458 g/mol. The van der Waals surface area contributed by atoms with E-state index in [-0.39, 0.29) is 68.3 Å². The number of esters is 1. The van der Waals surface area contributed by atoms with Crippen molar-refractivity contribution in [2.45, 2.75) is 12.2 Å². The van der Waals surface area contributed by atoms with Gasteiger partial charge in [0, 0.05) is 0 Å². The number of ether oxygens (including phenoxy) is 1. The molecule has 0 aliphatic carbocycles. The fraction of sp³-hybridized carbons (Fsp3) is 0.444. The summed E-state index contributed by atoms with van der Waals surface area (Å²) < 4.78 is 4.32. The molecule has 2 radical (unpaired) electrons. The Hall–Kier alpha value is -0.0618. The second-order valence-corrected chi connectivity index (χ2v) is 2.67. The number of aliphatic hydroxyl groups excluding tert-OH is 5. The Bertz CT molecular complexity index is 332. The minimum absolute atomic E-state index is 0. The number of cyclic esters (lactones) is 1. The second kappa shape index (κ2) is 17.0. The van der Waals surface area contributed by atoms with Gasteiger partial charge in [-0.1, -0.05) is 5.92 Å². The molecule has 20 heavy (non-hydrogen) atoms. The number of halogens is 3. The Morgan fingerprint density at radius 2 is 1.65 bits per heavy atom. The van der Waals surface area contributed by atoms with Crippen molar-refractivity contribution < 1.29 is 72.3 Å². The van der Waals surface area contributed by atoms with Crippen molar-refractivity contribution in [3.8, 4) is 12.3 Å². The zero-order valence-corrected chi connectivity index (χ0v) is 14.6. The second-order valence-electron chi connectivity index (χ2n) is 2.67. The summed E-state index contributed by atoms with van der Waals surface area (Å²) in [6, 6.07) is 0. The first-order chi connectivity index (χ1) is 7.49. The van der Waals surface area contributed by atoms with Gasteiger partial charge in [0.1, 0.15) is 12.7 Å². The van der Waals surface area contributed by atoms with Crippen molar-refractivity contribution >= 4 is 30.4 Å². The quantitative estimate of drug-likeness (QED) is 0.157. The fourth-order valence-corrected chi connectivity index (χ4v) is 0.823. The minimum Gasteiger partial charge on any atom is -1.00 e. The van der Waals surface area contributed by atoms with Gasteiger partial charge in [-0.25, -0.2) is 4.79 Å². The van der Waals surface area contributed by atoms with Crippen LogP contribution in [-0.4, -0.2) is 81.4 Å². The number of hydrogen-bond donors (Lipinski definition) is 5. The number of aliphatic hydroxyl groups is 5. The van der Waals surface area contributed by atoms with Gasteiger partial charge in [0.25, 0.3) is 0 Å². The largest absolute Gasteiger partial charge is 3.00 e. The fourth-order valence-electron chi connectivity index (χ4n) is 0.823. The van der Waals surface area contributed by atoms with Crippen molar-refractivity contribution in [3.05, 3.63) is 11.5 Å². The van der Waals surface area contributed by atoms with Crippen LogP contribution in [0.2, 0.25) is 0 Å². The first kappa shape index (κ1) is 32.0. The third-order valence-corrected chi connectivity index (χ3v) is 1.57. The summed E-state index contributed by atoms with van der Waals surface area (Å²) >= 11 is 0. The van der Waals surface area contributed by atoms with Crippen LogP contribution in [0.3, 0.4) is 0 Å². The predicted molar refractivity (Wildman–Crippen MR) is 56.9 cm³/mol. The molecular weight excluding hydrogens is 448 g/mol. The maximum absolute atomic E-state index is 10.5. The maximum atomic E-state index is 10.5. The molecule has 1 heterocycles. The molecule has 0 amide bonds. The molecule has 0 spiro atoms. The summed E-state index contributed by atoms with van der Waals surface area (Å²) in [6.07, 6.45) is 1.75. The Kier molecular flexibility index (Phi) is 27.2. The molecule has 0 fully saturated rings. The van der Waals surface area contributed by atoms with Gasteiger partial charge in [0.2, 0.25) is 5.76 Å². The summed E-state index contributed by atoms with van der Waals surface area (Å²) in [5.41, 5.74) is 0. The molecule has 0 saturated carbocycles. The van der Waals surface area contributed by atoms with E-state index in [1.807, 2.05) is 5.92 Å². The number of rotatable bonds is 2. The van der Waals surface area contributed by atoms with Crippen LogP contribution in [0.5, 0.6) is 0 Å². The molecular formula is C9H12Cl3O7Sb. The molecule has 0 aromatic heterocycles. The van der Waals surface area contributed by atoms with E-state index in [9.17, 15) is 4.79 Å². The van der Waals surface area contributed by atoms with Crippen LogP contribution in [-0.2, 0) is 9.53 Å². The average Bonchev–Trinajstić information content (AvgIpc) is 2.56. The molecule has 0 unspecified atom stereocenters. The van der Waals surface area contributed by atoms with Crippen molar-refractivity contribution in [2.75, 3.05) is 13.2 Å². The third kappa shape index (κ3) is 9.78. The van der Waals surface area contributed by atoms with E-state index in [0.29, 0.717) is 0 Å². The molecule has 11 heteroatoms. The van der Waals surface area contributed by atoms with Crippen LogP contribution in [0.15, 0.2) is 11.5 Å². The standard InChI is InChI=1S/C6H8O6.C3H4O.3ClH.Sb/c7-1-2(8)5-3(9)4(10)6(11)12-5;1-2-3-4;;;;/h2,5,7-10H,1H2;1,4H,3H2;3*1H;/q;;;;;+3/p-3/t2-,5-;;;;;/m1...../s1. The van der Waals surface area contributed by atoms with Gasteiger partial charge in [0.05, 0.1) is 6.61 Å². The molecule has 1 aliphatic heterocycles. The first-order valence-electron chi connectivity index (χ1n) is 4.15. The number of carbonyl (C=O) groups is 1. The van der Waals surface area contributed by atoms with Gasteiger partial charge < -0.3 is 67.5 Å². The topological polar surface area (TPSA) is 127 Å². The Morgan fingerprint density at radius 1 is 1.25 bits per heavy atom. The molecule has 5 N–H and O–H groups in total. The van der Waals surface area contributed by atoms with Gasteiger partial charge >= 0.3 is 30.4 Å². The van der Waals surface area contributed by atoms with Crippen LogP contribution in [0, 0.1) is 12.3 Å². The van der Waals surface area contributed by atoms with Crippen molar-refractivity contribution in [2.24, 2.45) is 0 Å². The van der Waals surface area contributed by atoms with Crippen LogP contribution in [0.25, 0.3) is 0 Å². The molecule has 0 aromatic rings. The minimum atomic E-state index is -1.42. The van der Waals surface area contributed by atoms with E-state index >= 15 is 0 Å². The van der Waals surface area contributed by atoms with Gasteiger partial charge in [-0.15, -0.1) is 6.42 Å². The van der Waals surface area contributed by atoms with Crippen LogP contribution < -0.4 is 37.2 Å². The van der Waals surface area contributed by atoms with Crippen molar-refractivity contribution in [3.63, 3.8) is 0 Å². The summed E-state index contributed by atoms with van der Waals surface area (Å²) in [6.45, 7) is -0.824. The SMILES string of the molecule is C#CCO.O=C1O[C@H]([C@H](O)CO)C(O)=C1O.[Cl-].[Cl-].[Cl-].[Sb+3]. The normalized spacial score (nSPS) is 16.5.